The molecule has 0 radical (unpaired) electrons. The molecule has 0 spiro atoms. The van der Waals surface area contributed by atoms with Crippen LogP contribution in [0, 0.1) is 0 Å². The number of hydrogen-bond donors (Lipinski definition) is 0. The van der Waals surface area contributed by atoms with Crippen molar-refractivity contribution in [3.63, 3.8) is 0 Å². The van der Waals surface area contributed by atoms with Gasteiger partial charge in [0.15, 0.2) is 0 Å². The molecule has 18 heavy (non-hydrogen) atoms. The van der Waals surface area contributed by atoms with Gasteiger partial charge in [0.1, 0.15) is 0 Å². The van der Waals surface area contributed by atoms with Crippen LogP contribution in [0.25, 0.3) is 0 Å². The van der Waals surface area contributed by atoms with E-state index in [2.05, 4.69) is 32.3 Å². The summed E-state index contributed by atoms with van der Waals surface area (Å²) < 4.78 is 38.0. The number of carbonyl (C=O) groups is 1. The molecule has 0 N–H and O–H groups in total. The van der Waals surface area contributed by atoms with E-state index in [9.17, 15) is 18.0 Å². The maximum atomic E-state index is 12.6. The number of halogens is 6. The van der Waals surface area contributed by atoms with E-state index in [1.54, 1.807) is 0 Å². The van der Waals surface area contributed by atoms with Crippen LogP contribution in [0.4, 0.5) is 13.2 Å². The molecule has 1 amide bonds. The molecule has 1 rings (SSSR count). The van der Waals surface area contributed by atoms with Crippen molar-refractivity contribution in [3.8, 4) is 0 Å². The summed E-state index contributed by atoms with van der Waals surface area (Å²) in [6, 6.07) is 5.98. The molecule has 0 heterocycles. The summed E-state index contributed by atoms with van der Waals surface area (Å²) in [5.74, 6) is -1.14. The first-order chi connectivity index (χ1) is 8.21. The first kappa shape index (κ1) is 15.7. The van der Waals surface area contributed by atoms with Crippen molar-refractivity contribution in [2.45, 2.75) is 12.7 Å². The van der Waals surface area contributed by atoms with Crippen molar-refractivity contribution in [2.24, 2.45) is 0 Å². The van der Waals surface area contributed by atoms with Crippen molar-refractivity contribution in [1.82, 2.24) is 8.07 Å². The Labute approximate surface area is 123 Å². The minimum Gasteiger partial charge on any atom is -0.273 e. The zero-order chi connectivity index (χ0) is 13.9. The first-order valence-corrected chi connectivity index (χ1v) is 6.27. The standard InChI is InChI=1S/C9H6Br2ClF3N2O/c10-17(11)16(9(13,14)15)8(18)5-6-1-3-7(12)4-2-6/h1-4H,5H2. The number of nitrogens with zero attached hydrogens (tertiary/aromatic N) is 2. The Morgan fingerprint density at radius 2 is 1.72 bits per heavy atom. The molecular weight excluding hydrogens is 404 g/mol. The highest BCUT2D eigenvalue weighted by Gasteiger charge is 2.44. The van der Waals surface area contributed by atoms with Crippen LogP contribution in [0.2, 0.25) is 5.02 Å². The van der Waals surface area contributed by atoms with E-state index in [-0.39, 0.29) is 0 Å². The van der Waals surface area contributed by atoms with Crippen molar-refractivity contribution in [3.05, 3.63) is 34.9 Å². The van der Waals surface area contributed by atoms with E-state index < -0.39 is 23.6 Å². The van der Waals surface area contributed by atoms with E-state index >= 15 is 0 Å². The van der Waals surface area contributed by atoms with Gasteiger partial charge in [-0.2, -0.15) is 5.01 Å². The smallest absolute Gasteiger partial charge is 0.273 e. The van der Waals surface area contributed by atoms with Gasteiger partial charge in [0.25, 0.3) is 0 Å². The van der Waals surface area contributed by atoms with Crippen LogP contribution in [0.3, 0.4) is 0 Å². The maximum Gasteiger partial charge on any atom is 0.503 e. The van der Waals surface area contributed by atoms with Gasteiger partial charge in [0.05, 0.1) is 6.42 Å². The Balaban J connectivity index is 2.83. The third kappa shape index (κ3) is 4.42. The zero-order valence-corrected chi connectivity index (χ0v) is 12.5. The monoisotopic (exact) mass is 408 g/mol. The van der Waals surface area contributed by atoms with E-state index in [0.29, 0.717) is 13.6 Å². The first-order valence-electron chi connectivity index (χ1n) is 4.47. The Hall–Kier alpha value is -0.310. The summed E-state index contributed by atoms with van der Waals surface area (Å²) in [6.45, 7) is 0. The van der Waals surface area contributed by atoms with Gasteiger partial charge in [-0.15, -0.1) is 13.2 Å². The summed E-state index contributed by atoms with van der Waals surface area (Å²) in [7, 11) is 0. The van der Waals surface area contributed by atoms with Crippen LogP contribution < -0.4 is 0 Å². The largest absolute Gasteiger partial charge is 0.503 e. The lowest BCUT2D eigenvalue weighted by Crippen LogP contribution is -2.47. The molecule has 1 aromatic carbocycles. The highest BCUT2D eigenvalue weighted by atomic mass is 79.9. The fourth-order valence-corrected chi connectivity index (χ4v) is 2.00. The van der Waals surface area contributed by atoms with Crippen LogP contribution >= 0.6 is 43.9 Å². The second kappa shape index (κ2) is 6.23. The van der Waals surface area contributed by atoms with Crippen LogP contribution in [0.15, 0.2) is 24.3 Å². The molecule has 0 saturated heterocycles. The highest BCUT2D eigenvalue weighted by Crippen LogP contribution is 2.28. The number of hydrogen-bond acceptors (Lipinski definition) is 2. The fourth-order valence-electron chi connectivity index (χ4n) is 1.16. The van der Waals surface area contributed by atoms with Gasteiger partial charge in [0.2, 0.25) is 5.91 Å². The number of benzene rings is 1. The van der Waals surface area contributed by atoms with Gasteiger partial charge >= 0.3 is 6.30 Å². The van der Waals surface area contributed by atoms with Crippen LogP contribution in [-0.2, 0) is 11.2 Å². The summed E-state index contributed by atoms with van der Waals surface area (Å²) in [6.07, 6.45) is -5.22. The molecule has 0 aromatic heterocycles. The molecule has 0 unspecified atom stereocenters. The average Bonchev–Trinajstić information content (AvgIpc) is 2.18. The van der Waals surface area contributed by atoms with E-state index in [0.717, 1.165) is 0 Å². The highest BCUT2D eigenvalue weighted by molar-refractivity contribution is 9.21. The fraction of sp³-hybridized carbons (Fsp3) is 0.222. The lowest BCUT2D eigenvalue weighted by Gasteiger charge is -2.26. The molecule has 100 valence electrons. The predicted octanol–water partition coefficient (Wildman–Crippen LogP) is 4.07. The number of amides is 1. The van der Waals surface area contributed by atoms with Crippen molar-refractivity contribution in [1.29, 1.82) is 0 Å². The molecular formula is C9H6Br2ClF3N2O. The Kier molecular flexibility index (Phi) is 5.45. The topological polar surface area (TPSA) is 23.6 Å². The van der Waals surface area contributed by atoms with Crippen LogP contribution in [0.1, 0.15) is 5.56 Å². The zero-order valence-electron chi connectivity index (χ0n) is 8.59. The van der Waals surface area contributed by atoms with Gasteiger partial charge < -0.3 is 0 Å². The van der Waals surface area contributed by atoms with Gasteiger partial charge in [-0.1, -0.05) is 26.8 Å². The summed E-state index contributed by atoms with van der Waals surface area (Å²) in [5.41, 5.74) is 0.431. The maximum absolute atomic E-state index is 12.6. The van der Waals surface area contributed by atoms with E-state index in [1.165, 1.54) is 24.3 Å². The summed E-state index contributed by atoms with van der Waals surface area (Å²) in [4.78, 5) is 11.6. The third-order valence-electron chi connectivity index (χ3n) is 1.90. The van der Waals surface area contributed by atoms with Crippen molar-refractivity contribution >= 4 is 49.8 Å². The molecule has 1 aromatic rings. The third-order valence-corrected chi connectivity index (χ3v) is 2.78. The number of rotatable bonds is 3. The number of carbonyl (C=O) groups excluding carboxylic acids is 1. The van der Waals surface area contributed by atoms with Crippen LogP contribution in [-0.4, -0.2) is 20.3 Å². The normalized spacial score (nSPS) is 11.7. The molecule has 0 atom stereocenters. The SMILES string of the molecule is O=C(Cc1ccc(Cl)cc1)N(N(Br)Br)C(F)(F)F. The lowest BCUT2D eigenvalue weighted by atomic mass is 10.1. The molecule has 0 bridgehead atoms. The lowest BCUT2D eigenvalue weighted by molar-refractivity contribution is -0.262. The molecule has 0 aliphatic rings. The number of alkyl halides is 3. The van der Waals surface area contributed by atoms with Gasteiger partial charge in [-0.3, -0.25) is 4.79 Å². The van der Waals surface area contributed by atoms with Crippen LogP contribution in [0.5, 0.6) is 0 Å². The molecule has 0 saturated carbocycles. The Morgan fingerprint density at radius 3 is 2.11 bits per heavy atom. The second-order valence-electron chi connectivity index (χ2n) is 3.19. The molecule has 0 aliphatic heterocycles. The number of hydrazine groups is 1. The molecule has 0 aliphatic carbocycles. The molecule has 3 nitrogen and oxygen atoms in total. The second-order valence-corrected chi connectivity index (χ2v) is 5.92. The summed E-state index contributed by atoms with van der Waals surface area (Å²) in [5, 5.41) is 0.0446. The van der Waals surface area contributed by atoms with E-state index in [1.807, 2.05) is 0 Å². The van der Waals surface area contributed by atoms with Gasteiger partial charge in [-0.05, 0) is 17.7 Å². The molecule has 0 fully saturated rings. The van der Waals surface area contributed by atoms with Gasteiger partial charge in [0, 0.05) is 37.3 Å². The minimum absolute atomic E-state index is 0.332. The van der Waals surface area contributed by atoms with Crippen molar-refractivity contribution < 1.29 is 18.0 Å². The van der Waals surface area contributed by atoms with Gasteiger partial charge in [-0.25, -0.2) is 0 Å². The molecule has 9 heteroatoms. The average molecular weight is 410 g/mol. The quantitative estimate of drug-likeness (QED) is 0.426. The Morgan fingerprint density at radius 1 is 1.22 bits per heavy atom. The Bertz CT molecular complexity index is 425. The predicted molar refractivity (Wildman–Crippen MR) is 67.8 cm³/mol. The van der Waals surface area contributed by atoms with Crippen molar-refractivity contribution in [2.75, 3.05) is 0 Å². The van der Waals surface area contributed by atoms with E-state index in [4.69, 9.17) is 11.6 Å². The summed E-state index contributed by atoms with van der Waals surface area (Å²) >= 11 is 10.7. The minimum atomic E-state index is -4.82.